The van der Waals surface area contributed by atoms with Crippen LogP contribution in [0.4, 0.5) is 0 Å². The minimum absolute atomic E-state index is 0.0559. The number of hydrogen-bond acceptors (Lipinski definition) is 4. The zero-order valence-corrected chi connectivity index (χ0v) is 14.9. The molecule has 0 unspecified atom stereocenters. The summed E-state index contributed by atoms with van der Waals surface area (Å²) >= 11 is 6.04. The highest BCUT2D eigenvalue weighted by molar-refractivity contribution is 7.89. The summed E-state index contributed by atoms with van der Waals surface area (Å²) < 4.78 is 28.0. The van der Waals surface area contributed by atoms with Crippen LogP contribution in [0, 0.1) is 0 Å². The fourth-order valence-electron chi connectivity index (χ4n) is 2.60. The van der Waals surface area contributed by atoms with E-state index in [1.165, 1.54) is 12.1 Å². The van der Waals surface area contributed by atoms with Crippen molar-refractivity contribution in [3.05, 3.63) is 70.7 Å². The minimum atomic E-state index is -4.06. The zero-order valence-electron chi connectivity index (χ0n) is 13.3. The normalized spacial score (nSPS) is 11.6. The minimum Gasteiger partial charge on any atom is -0.506 e. The molecule has 3 aromatic rings. The van der Waals surface area contributed by atoms with Crippen LogP contribution in [0.15, 0.2) is 59.5 Å². The molecular formula is C18H14ClNO5S. The summed E-state index contributed by atoms with van der Waals surface area (Å²) in [5.74, 6) is -1.89. The number of phenols is 1. The SMILES string of the molecule is O=C(O)c1cc(S(=O)(=O)NCc2ccccc2Cl)c2ccccc2c1O. The molecule has 0 bridgehead atoms. The number of carboxylic acid groups (broad SMARTS) is 1. The molecule has 6 nitrogen and oxygen atoms in total. The summed E-state index contributed by atoms with van der Waals surface area (Å²) in [6.07, 6.45) is 0. The molecule has 0 amide bonds. The molecule has 3 aromatic carbocycles. The highest BCUT2D eigenvalue weighted by Gasteiger charge is 2.23. The second-order valence-corrected chi connectivity index (χ2v) is 7.68. The molecule has 134 valence electrons. The number of carbonyl (C=O) groups is 1. The second-order valence-electron chi connectivity index (χ2n) is 5.54. The summed E-state index contributed by atoms with van der Waals surface area (Å²) in [7, 11) is -4.06. The molecule has 8 heteroatoms. The van der Waals surface area contributed by atoms with Gasteiger partial charge in [0.15, 0.2) is 0 Å². The molecule has 0 atom stereocenters. The highest BCUT2D eigenvalue weighted by Crippen LogP contribution is 2.34. The van der Waals surface area contributed by atoms with Crippen molar-refractivity contribution in [3.8, 4) is 5.75 Å². The molecule has 0 spiro atoms. The molecular weight excluding hydrogens is 378 g/mol. The van der Waals surface area contributed by atoms with Gasteiger partial charge in [-0.1, -0.05) is 54.1 Å². The molecule has 0 aliphatic rings. The third-order valence-electron chi connectivity index (χ3n) is 3.91. The number of carboxylic acids is 1. The number of rotatable bonds is 5. The summed E-state index contributed by atoms with van der Waals surface area (Å²) in [5.41, 5.74) is 0.0982. The number of hydrogen-bond donors (Lipinski definition) is 3. The highest BCUT2D eigenvalue weighted by atomic mass is 35.5. The largest absolute Gasteiger partial charge is 0.506 e. The van der Waals surface area contributed by atoms with E-state index < -0.39 is 27.3 Å². The van der Waals surface area contributed by atoms with E-state index in [1.807, 2.05) is 0 Å². The average molecular weight is 392 g/mol. The molecule has 26 heavy (non-hydrogen) atoms. The molecule has 0 aromatic heterocycles. The van der Waals surface area contributed by atoms with Crippen molar-refractivity contribution in [1.29, 1.82) is 0 Å². The van der Waals surface area contributed by atoms with Crippen LogP contribution in [0.3, 0.4) is 0 Å². The third-order valence-corrected chi connectivity index (χ3v) is 5.72. The summed E-state index contributed by atoms with van der Waals surface area (Å²) in [6.45, 7) is -0.0559. The maximum atomic E-state index is 12.8. The third kappa shape index (κ3) is 3.37. The van der Waals surface area contributed by atoms with Gasteiger partial charge in [0.25, 0.3) is 0 Å². The van der Waals surface area contributed by atoms with Crippen molar-refractivity contribution in [2.75, 3.05) is 0 Å². The molecule has 0 saturated heterocycles. The van der Waals surface area contributed by atoms with Crippen LogP contribution in [-0.2, 0) is 16.6 Å². The number of sulfonamides is 1. The number of benzene rings is 3. The van der Waals surface area contributed by atoms with Gasteiger partial charge >= 0.3 is 5.97 Å². The van der Waals surface area contributed by atoms with Gasteiger partial charge < -0.3 is 10.2 Å². The lowest BCUT2D eigenvalue weighted by Crippen LogP contribution is -2.24. The first-order valence-corrected chi connectivity index (χ1v) is 9.38. The van der Waals surface area contributed by atoms with Gasteiger partial charge in [0.2, 0.25) is 10.0 Å². The Morgan fingerprint density at radius 1 is 1.04 bits per heavy atom. The summed E-state index contributed by atoms with van der Waals surface area (Å²) in [5, 5.41) is 20.2. The molecule has 3 rings (SSSR count). The van der Waals surface area contributed by atoms with Gasteiger partial charge in [-0.15, -0.1) is 0 Å². The monoisotopic (exact) mass is 391 g/mol. The Labute approximate surface area is 154 Å². The molecule has 0 heterocycles. The van der Waals surface area contributed by atoms with Crippen LogP contribution in [0.5, 0.6) is 5.75 Å². The van der Waals surface area contributed by atoms with E-state index >= 15 is 0 Å². The first-order valence-electron chi connectivity index (χ1n) is 7.52. The maximum Gasteiger partial charge on any atom is 0.339 e. The van der Waals surface area contributed by atoms with Crippen molar-refractivity contribution in [3.63, 3.8) is 0 Å². The fraction of sp³-hybridized carbons (Fsp3) is 0.0556. The van der Waals surface area contributed by atoms with Crippen molar-refractivity contribution in [2.24, 2.45) is 0 Å². The summed E-state index contributed by atoms with van der Waals surface area (Å²) in [6, 6.07) is 13.9. The van der Waals surface area contributed by atoms with E-state index in [9.17, 15) is 23.4 Å². The maximum absolute atomic E-state index is 12.8. The Hall–Kier alpha value is -2.61. The Kier molecular flexibility index (Phi) is 4.86. The lowest BCUT2D eigenvalue weighted by molar-refractivity contribution is 0.0694. The number of fused-ring (bicyclic) bond motifs is 1. The molecule has 0 aliphatic heterocycles. The number of halogens is 1. The van der Waals surface area contributed by atoms with E-state index in [0.29, 0.717) is 10.6 Å². The Morgan fingerprint density at radius 2 is 1.65 bits per heavy atom. The smallest absolute Gasteiger partial charge is 0.339 e. The van der Waals surface area contributed by atoms with Crippen LogP contribution in [-0.4, -0.2) is 24.6 Å². The van der Waals surface area contributed by atoms with Gasteiger partial charge in [0.1, 0.15) is 11.3 Å². The van der Waals surface area contributed by atoms with Gasteiger partial charge in [-0.25, -0.2) is 17.9 Å². The first kappa shape index (κ1) is 18.2. The van der Waals surface area contributed by atoms with E-state index in [1.54, 1.807) is 36.4 Å². The Morgan fingerprint density at radius 3 is 2.31 bits per heavy atom. The fourth-order valence-corrected chi connectivity index (χ4v) is 4.05. The van der Waals surface area contributed by atoms with Gasteiger partial charge in [0.05, 0.1) is 4.90 Å². The van der Waals surface area contributed by atoms with Crippen molar-refractivity contribution in [1.82, 2.24) is 4.72 Å². The van der Waals surface area contributed by atoms with E-state index in [-0.39, 0.29) is 22.2 Å². The Balaban J connectivity index is 2.10. The summed E-state index contributed by atoms with van der Waals surface area (Å²) in [4.78, 5) is 11.1. The van der Waals surface area contributed by atoms with Crippen LogP contribution in [0.1, 0.15) is 15.9 Å². The van der Waals surface area contributed by atoms with Gasteiger partial charge in [-0.05, 0) is 17.7 Å². The topological polar surface area (TPSA) is 104 Å². The lowest BCUT2D eigenvalue weighted by Gasteiger charge is -2.13. The quantitative estimate of drug-likeness (QED) is 0.618. The van der Waals surface area contributed by atoms with Crippen LogP contribution in [0.25, 0.3) is 10.8 Å². The zero-order chi connectivity index (χ0) is 18.9. The number of nitrogens with one attached hydrogen (secondary N) is 1. The Bertz CT molecular complexity index is 1110. The molecule has 0 fully saturated rings. The number of aromatic hydroxyl groups is 1. The lowest BCUT2D eigenvalue weighted by atomic mass is 10.1. The predicted molar refractivity (Wildman–Crippen MR) is 98.0 cm³/mol. The van der Waals surface area contributed by atoms with E-state index in [2.05, 4.69) is 4.72 Å². The molecule has 3 N–H and O–H groups in total. The molecule has 0 radical (unpaired) electrons. The van der Waals surface area contributed by atoms with Gasteiger partial charge in [-0.3, -0.25) is 0 Å². The molecule has 0 saturated carbocycles. The number of aromatic carboxylic acids is 1. The van der Waals surface area contributed by atoms with Crippen molar-refractivity contribution < 1.29 is 23.4 Å². The standard InChI is InChI=1S/C18H14ClNO5S/c19-15-8-4-1-5-11(15)10-20-26(24,25)16-9-14(18(22)23)17(21)13-7-3-2-6-12(13)16/h1-9,20-21H,10H2,(H,22,23). The van der Waals surface area contributed by atoms with Crippen molar-refractivity contribution >= 4 is 38.4 Å². The average Bonchev–Trinajstić information content (AvgIpc) is 2.61. The van der Waals surface area contributed by atoms with Crippen LogP contribution >= 0.6 is 11.6 Å². The first-order chi connectivity index (χ1) is 12.3. The molecule has 0 aliphatic carbocycles. The van der Waals surface area contributed by atoms with E-state index in [4.69, 9.17) is 11.6 Å². The van der Waals surface area contributed by atoms with Gasteiger partial charge in [-0.2, -0.15) is 0 Å². The van der Waals surface area contributed by atoms with Crippen molar-refractivity contribution in [2.45, 2.75) is 11.4 Å². The van der Waals surface area contributed by atoms with E-state index in [0.717, 1.165) is 6.07 Å². The van der Waals surface area contributed by atoms with Gasteiger partial charge in [0, 0.05) is 22.3 Å². The van der Waals surface area contributed by atoms with Crippen LogP contribution < -0.4 is 4.72 Å². The van der Waals surface area contributed by atoms with Crippen LogP contribution in [0.2, 0.25) is 5.02 Å². The second kappa shape index (κ2) is 6.95. The predicted octanol–water partition coefficient (Wildman–Crippen LogP) is 3.38.